The van der Waals surface area contributed by atoms with E-state index in [4.69, 9.17) is 9.84 Å². The molecule has 0 radical (unpaired) electrons. The zero-order chi connectivity index (χ0) is 16.8. The molecule has 23 heavy (non-hydrogen) atoms. The van der Waals surface area contributed by atoms with Gasteiger partial charge in [0, 0.05) is 12.1 Å². The Kier molecular flexibility index (Phi) is 5.62. The van der Waals surface area contributed by atoms with E-state index in [-0.39, 0.29) is 23.6 Å². The van der Waals surface area contributed by atoms with Crippen LogP contribution in [0.4, 0.5) is 0 Å². The maximum atomic E-state index is 11.9. The van der Waals surface area contributed by atoms with Crippen LogP contribution < -0.4 is 10.1 Å². The van der Waals surface area contributed by atoms with Gasteiger partial charge in [-0.15, -0.1) is 0 Å². The lowest BCUT2D eigenvalue weighted by Crippen LogP contribution is -2.37. The Morgan fingerprint density at radius 2 is 1.96 bits per heavy atom. The Morgan fingerprint density at radius 1 is 1.26 bits per heavy atom. The van der Waals surface area contributed by atoms with Gasteiger partial charge in [-0.1, -0.05) is 6.07 Å². The maximum absolute atomic E-state index is 11.9. The van der Waals surface area contributed by atoms with Gasteiger partial charge in [-0.2, -0.15) is 0 Å². The number of ether oxygens (including phenoxy) is 1. The van der Waals surface area contributed by atoms with Gasteiger partial charge in [0.1, 0.15) is 0 Å². The number of phenols is 1. The molecule has 1 amide bonds. The molecule has 6 nitrogen and oxygen atoms in total. The summed E-state index contributed by atoms with van der Waals surface area (Å²) in [6.07, 6.45) is 5.63. The number of aliphatic carboxylic acids is 1. The van der Waals surface area contributed by atoms with E-state index in [0.717, 1.165) is 5.56 Å². The summed E-state index contributed by atoms with van der Waals surface area (Å²) in [6, 6.07) is 4.85. The first-order valence-electron chi connectivity index (χ1n) is 7.58. The van der Waals surface area contributed by atoms with Crippen molar-refractivity contribution < 1.29 is 24.5 Å². The Balaban J connectivity index is 1.86. The van der Waals surface area contributed by atoms with Crippen LogP contribution in [0.5, 0.6) is 11.5 Å². The second-order valence-corrected chi connectivity index (χ2v) is 5.66. The molecule has 1 aromatic carbocycles. The molecule has 0 bridgehead atoms. The molecule has 0 aliphatic heterocycles. The molecular weight excluding hydrogens is 298 g/mol. The van der Waals surface area contributed by atoms with Crippen molar-refractivity contribution in [3.63, 3.8) is 0 Å². The van der Waals surface area contributed by atoms with Crippen LogP contribution in [0.25, 0.3) is 6.08 Å². The highest BCUT2D eigenvalue weighted by molar-refractivity contribution is 5.92. The SMILES string of the molecule is COc1cc(C=CC(=O)NC2CCC(C(=O)O)CC2)ccc1O. The van der Waals surface area contributed by atoms with Crippen molar-refractivity contribution in [2.75, 3.05) is 7.11 Å². The van der Waals surface area contributed by atoms with Crippen molar-refractivity contribution in [1.82, 2.24) is 5.32 Å². The van der Waals surface area contributed by atoms with Gasteiger partial charge in [0.05, 0.1) is 13.0 Å². The molecule has 0 saturated heterocycles. The summed E-state index contributed by atoms with van der Waals surface area (Å²) in [6.45, 7) is 0. The number of hydrogen-bond donors (Lipinski definition) is 3. The number of rotatable bonds is 5. The molecule has 1 aliphatic rings. The van der Waals surface area contributed by atoms with E-state index in [1.165, 1.54) is 19.3 Å². The van der Waals surface area contributed by atoms with E-state index in [0.29, 0.717) is 31.4 Å². The number of hydrogen-bond acceptors (Lipinski definition) is 4. The summed E-state index contributed by atoms with van der Waals surface area (Å²) >= 11 is 0. The fraction of sp³-hybridized carbons (Fsp3) is 0.412. The molecule has 1 aliphatic carbocycles. The minimum absolute atomic E-state index is 0.0251. The summed E-state index contributed by atoms with van der Waals surface area (Å²) < 4.78 is 5.01. The number of carbonyl (C=O) groups is 2. The quantitative estimate of drug-likeness (QED) is 0.723. The van der Waals surface area contributed by atoms with E-state index in [1.807, 2.05) is 0 Å². The average Bonchev–Trinajstić information content (AvgIpc) is 2.54. The summed E-state index contributed by atoms with van der Waals surface area (Å²) in [5.74, 6) is -0.862. The Bertz CT molecular complexity index is 603. The predicted octanol–water partition coefficient (Wildman–Crippen LogP) is 2.17. The van der Waals surface area contributed by atoms with Gasteiger partial charge in [0.15, 0.2) is 11.5 Å². The first-order valence-corrected chi connectivity index (χ1v) is 7.58. The van der Waals surface area contributed by atoms with Crippen LogP contribution in [0, 0.1) is 5.92 Å². The van der Waals surface area contributed by atoms with Gasteiger partial charge >= 0.3 is 5.97 Å². The van der Waals surface area contributed by atoms with Crippen molar-refractivity contribution >= 4 is 18.0 Å². The zero-order valence-electron chi connectivity index (χ0n) is 13.0. The molecule has 124 valence electrons. The van der Waals surface area contributed by atoms with E-state index in [2.05, 4.69) is 5.32 Å². The number of amides is 1. The highest BCUT2D eigenvalue weighted by atomic mass is 16.5. The van der Waals surface area contributed by atoms with Gasteiger partial charge < -0.3 is 20.3 Å². The van der Waals surface area contributed by atoms with Gasteiger partial charge in [-0.25, -0.2) is 0 Å². The van der Waals surface area contributed by atoms with Crippen LogP contribution in [0.1, 0.15) is 31.2 Å². The first-order chi connectivity index (χ1) is 11.0. The van der Waals surface area contributed by atoms with Gasteiger partial charge in [-0.05, 0) is 49.5 Å². The highest BCUT2D eigenvalue weighted by Gasteiger charge is 2.26. The van der Waals surface area contributed by atoms with Crippen molar-refractivity contribution in [1.29, 1.82) is 0 Å². The minimum Gasteiger partial charge on any atom is -0.504 e. The third-order valence-electron chi connectivity index (χ3n) is 4.05. The number of nitrogens with one attached hydrogen (secondary N) is 1. The molecule has 1 fully saturated rings. The summed E-state index contributed by atoms with van der Waals surface area (Å²) in [4.78, 5) is 22.8. The molecule has 2 rings (SSSR count). The first kappa shape index (κ1) is 16.9. The van der Waals surface area contributed by atoms with Crippen LogP contribution in [0.2, 0.25) is 0 Å². The van der Waals surface area contributed by atoms with Crippen molar-refractivity contribution in [3.8, 4) is 11.5 Å². The van der Waals surface area contributed by atoms with Crippen LogP contribution >= 0.6 is 0 Å². The number of methoxy groups -OCH3 is 1. The molecule has 0 spiro atoms. The second kappa shape index (κ2) is 7.67. The lowest BCUT2D eigenvalue weighted by molar-refractivity contribution is -0.142. The standard InChI is InChI=1S/C17H21NO5/c1-23-15-10-11(2-8-14(15)19)3-9-16(20)18-13-6-4-12(5-7-13)17(21)22/h2-3,8-10,12-13,19H,4-7H2,1H3,(H,18,20)(H,21,22). The lowest BCUT2D eigenvalue weighted by atomic mass is 9.86. The normalized spacial score (nSPS) is 21.1. The van der Waals surface area contributed by atoms with Gasteiger partial charge in [0.25, 0.3) is 0 Å². The Hall–Kier alpha value is -2.50. The monoisotopic (exact) mass is 319 g/mol. The number of aromatic hydroxyl groups is 1. The summed E-state index contributed by atoms with van der Waals surface area (Å²) in [5.41, 5.74) is 0.740. The fourth-order valence-corrected chi connectivity index (χ4v) is 2.70. The molecule has 6 heteroatoms. The molecule has 3 N–H and O–H groups in total. The van der Waals surface area contributed by atoms with E-state index in [9.17, 15) is 14.7 Å². The third-order valence-corrected chi connectivity index (χ3v) is 4.05. The molecule has 0 aromatic heterocycles. The minimum atomic E-state index is -0.754. The average molecular weight is 319 g/mol. The van der Waals surface area contributed by atoms with Gasteiger partial charge in [0.2, 0.25) is 5.91 Å². The largest absolute Gasteiger partial charge is 0.504 e. The van der Waals surface area contributed by atoms with Gasteiger partial charge in [-0.3, -0.25) is 9.59 Å². The molecular formula is C17H21NO5. The molecule has 1 aromatic rings. The fourth-order valence-electron chi connectivity index (χ4n) is 2.70. The van der Waals surface area contributed by atoms with Crippen LogP contribution in [-0.4, -0.2) is 35.2 Å². The lowest BCUT2D eigenvalue weighted by Gasteiger charge is -2.26. The maximum Gasteiger partial charge on any atom is 0.306 e. The molecule has 1 saturated carbocycles. The van der Waals surface area contributed by atoms with E-state index >= 15 is 0 Å². The molecule has 0 heterocycles. The van der Waals surface area contributed by atoms with Crippen molar-refractivity contribution in [2.24, 2.45) is 5.92 Å². The summed E-state index contributed by atoms with van der Waals surface area (Å²) in [7, 11) is 1.46. The number of carboxylic acid groups (broad SMARTS) is 1. The topological polar surface area (TPSA) is 95.9 Å². The number of phenolic OH excluding ortho intramolecular Hbond substituents is 1. The van der Waals surface area contributed by atoms with Crippen LogP contribution in [-0.2, 0) is 9.59 Å². The van der Waals surface area contributed by atoms with Crippen molar-refractivity contribution in [2.45, 2.75) is 31.7 Å². The molecule has 0 atom stereocenters. The van der Waals surface area contributed by atoms with E-state index < -0.39 is 5.97 Å². The predicted molar refractivity (Wildman–Crippen MR) is 85.2 cm³/mol. The van der Waals surface area contributed by atoms with E-state index in [1.54, 1.807) is 18.2 Å². The highest BCUT2D eigenvalue weighted by Crippen LogP contribution is 2.27. The summed E-state index contributed by atoms with van der Waals surface area (Å²) in [5, 5.41) is 21.4. The van der Waals surface area contributed by atoms with Crippen LogP contribution in [0.3, 0.4) is 0 Å². The number of benzene rings is 1. The number of carboxylic acids is 1. The Morgan fingerprint density at radius 3 is 2.57 bits per heavy atom. The van der Waals surface area contributed by atoms with Crippen LogP contribution in [0.15, 0.2) is 24.3 Å². The molecule has 0 unspecified atom stereocenters. The smallest absolute Gasteiger partial charge is 0.306 e. The number of carbonyl (C=O) groups excluding carboxylic acids is 1. The Labute approximate surface area is 134 Å². The van der Waals surface area contributed by atoms with Crippen molar-refractivity contribution in [3.05, 3.63) is 29.8 Å². The zero-order valence-corrected chi connectivity index (χ0v) is 13.0. The third kappa shape index (κ3) is 4.74. The second-order valence-electron chi connectivity index (χ2n) is 5.66.